The molecule has 0 bridgehead atoms. The van der Waals surface area contributed by atoms with Crippen LogP contribution in [0.25, 0.3) is 0 Å². The normalized spacial score (nSPS) is 8.40. The van der Waals surface area contributed by atoms with Gasteiger partial charge in [0, 0.05) is 5.16 Å². The van der Waals surface area contributed by atoms with Crippen LogP contribution in [0.15, 0.2) is 14.7 Å². The van der Waals surface area contributed by atoms with E-state index >= 15 is 0 Å². The maximum atomic E-state index is 10.3. The van der Waals surface area contributed by atoms with E-state index < -0.39 is 11.1 Å². The van der Waals surface area contributed by atoms with E-state index in [4.69, 9.17) is 0 Å². The first-order valence-corrected chi connectivity index (χ1v) is 2.47. The van der Waals surface area contributed by atoms with Crippen LogP contribution in [-0.2, 0) is 12.6 Å². The first kappa shape index (κ1) is 9.83. The van der Waals surface area contributed by atoms with Gasteiger partial charge in [-0.3, -0.25) is 9.59 Å². The second-order valence-electron chi connectivity index (χ2n) is 1.31. The van der Waals surface area contributed by atoms with Crippen LogP contribution in [0.4, 0.5) is 0 Å². The van der Waals surface area contributed by atoms with Crippen molar-refractivity contribution in [2.24, 2.45) is 0 Å². The maximum absolute atomic E-state index is 10.3. The molecule has 0 fully saturated rings. The molecule has 0 unspecified atom stereocenters. The van der Waals surface area contributed by atoms with E-state index in [0.717, 1.165) is 0 Å². The average molecular weight is 167 g/mol. The average Bonchev–Trinajstić information content (AvgIpc) is 1.80. The Balaban J connectivity index is 0.000000810. The summed E-state index contributed by atoms with van der Waals surface area (Å²) < 4.78 is 0. The van der Waals surface area contributed by atoms with Gasteiger partial charge < -0.3 is 17.6 Å². The maximum Gasteiger partial charge on any atom is 1.00 e. The molecule has 5 nitrogen and oxygen atoms in total. The Morgan fingerprint density at radius 2 is 1.90 bits per heavy atom. The van der Waals surface area contributed by atoms with E-state index in [2.05, 4.69) is 17.7 Å². The Hall–Kier alpha value is -0.170. The summed E-state index contributed by atoms with van der Waals surface area (Å²) in [5.74, 6) is 0. The van der Waals surface area contributed by atoms with Crippen LogP contribution in [0.3, 0.4) is 0 Å². The van der Waals surface area contributed by atoms with Crippen LogP contribution in [0.2, 0.25) is 0 Å². The molecule has 0 atom stereocenters. The van der Waals surface area contributed by atoms with Crippen LogP contribution in [-0.4, -0.2) is 15.2 Å². The molecule has 1 aromatic rings. The predicted molar refractivity (Wildman–Crippen MR) is 31.1 cm³/mol. The van der Waals surface area contributed by atoms with Gasteiger partial charge in [-0.15, -0.1) is 0 Å². The van der Waals surface area contributed by atoms with E-state index in [1.807, 2.05) is 10.1 Å². The van der Waals surface area contributed by atoms with E-state index in [1.165, 1.54) is 0 Å². The van der Waals surface area contributed by atoms with Crippen molar-refractivity contribution in [2.75, 3.05) is 0 Å². The van der Waals surface area contributed by atoms with E-state index in [9.17, 15) is 9.59 Å². The fourth-order valence-corrected chi connectivity index (χ4v) is 0.472. The number of aromatic amines is 2. The topological polar surface area (TPSA) is 78.6 Å². The van der Waals surface area contributed by atoms with Gasteiger partial charge in [0.2, 0.25) is 0 Å². The van der Waals surface area contributed by atoms with Crippen molar-refractivity contribution in [2.45, 2.75) is 5.16 Å². The third-order valence-corrected chi connectivity index (χ3v) is 0.879. The van der Waals surface area contributed by atoms with Gasteiger partial charge in [-0.1, -0.05) is 0 Å². The predicted octanol–water partition coefficient (Wildman–Crippen LogP) is -4.63. The zero-order valence-electron chi connectivity index (χ0n) is 5.17. The number of aromatic nitrogens is 3. The van der Waals surface area contributed by atoms with Gasteiger partial charge in [0.1, 0.15) is 0 Å². The molecule has 0 aromatic carbocycles. The number of rotatable bonds is 0. The van der Waals surface area contributed by atoms with E-state index in [1.54, 1.807) is 0 Å². The van der Waals surface area contributed by atoms with Crippen molar-refractivity contribution in [3.8, 4) is 0 Å². The number of hydrogen-bond donors (Lipinski definition) is 2. The Morgan fingerprint density at radius 3 is 2.30 bits per heavy atom. The Morgan fingerprint density at radius 1 is 1.30 bits per heavy atom. The second kappa shape index (κ2) is 3.87. The van der Waals surface area contributed by atoms with Crippen molar-refractivity contribution in [3.05, 3.63) is 20.7 Å². The first-order valence-electron chi connectivity index (χ1n) is 2.06. The summed E-state index contributed by atoms with van der Waals surface area (Å²) in [6.07, 6.45) is 0. The smallest absolute Gasteiger partial charge is 0.741 e. The molecular weight excluding hydrogens is 165 g/mol. The molecule has 2 N–H and O–H groups in total. The van der Waals surface area contributed by atoms with E-state index in [-0.39, 0.29) is 34.7 Å². The molecule has 7 heteroatoms. The molecule has 0 spiro atoms. The molecule has 0 aliphatic rings. The third kappa shape index (κ3) is 2.22. The minimum absolute atomic E-state index is 0. The largest absolute Gasteiger partial charge is 1.00 e. The minimum atomic E-state index is -0.788. The number of nitrogens with one attached hydrogen (secondary N) is 2. The third-order valence-electron chi connectivity index (χ3n) is 0.686. The fraction of sp³-hybridized carbons (Fsp3) is 0. The van der Waals surface area contributed by atoms with Crippen molar-refractivity contribution < 1.29 is 29.6 Å². The Kier molecular flexibility index (Phi) is 3.80. The summed E-state index contributed by atoms with van der Waals surface area (Å²) in [7, 11) is 0. The SMILES string of the molecule is O=c1[nH]nc([S-])[nH]c1=O.[Na+]. The molecular formula is C3H2N3NaO2S. The van der Waals surface area contributed by atoms with Gasteiger partial charge in [0.25, 0.3) is 0 Å². The zero-order valence-corrected chi connectivity index (χ0v) is 7.99. The van der Waals surface area contributed by atoms with Crippen molar-refractivity contribution in [1.29, 1.82) is 0 Å². The molecule has 1 heterocycles. The van der Waals surface area contributed by atoms with Gasteiger partial charge in [0.15, 0.2) is 0 Å². The van der Waals surface area contributed by atoms with Crippen LogP contribution in [0, 0.1) is 0 Å². The number of nitrogens with zero attached hydrogens (tertiary/aromatic N) is 1. The van der Waals surface area contributed by atoms with E-state index in [0.29, 0.717) is 0 Å². The van der Waals surface area contributed by atoms with Gasteiger partial charge >= 0.3 is 40.7 Å². The molecule has 0 radical (unpaired) electrons. The Bertz CT molecular complexity index is 318. The molecule has 0 amide bonds. The molecule has 1 aromatic heterocycles. The second-order valence-corrected chi connectivity index (χ2v) is 1.70. The quantitative estimate of drug-likeness (QED) is 0.231. The summed E-state index contributed by atoms with van der Waals surface area (Å²) in [4.78, 5) is 22.6. The summed E-state index contributed by atoms with van der Waals surface area (Å²) in [5.41, 5.74) is -1.56. The summed E-state index contributed by atoms with van der Waals surface area (Å²) in [6.45, 7) is 0. The summed E-state index contributed by atoms with van der Waals surface area (Å²) in [6, 6.07) is 0. The molecule has 0 aliphatic carbocycles. The molecule has 48 valence electrons. The summed E-state index contributed by atoms with van der Waals surface area (Å²) in [5, 5.41) is 5.16. The van der Waals surface area contributed by atoms with Gasteiger partial charge in [0.05, 0.1) is 0 Å². The molecule has 10 heavy (non-hydrogen) atoms. The van der Waals surface area contributed by atoms with Crippen LogP contribution >= 0.6 is 0 Å². The first-order chi connectivity index (χ1) is 4.20. The minimum Gasteiger partial charge on any atom is -0.741 e. The van der Waals surface area contributed by atoms with Gasteiger partial charge in [-0.2, -0.15) is 5.10 Å². The molecule has 0 aliphatic heterocycles. The Labute approximate surface area is 83.0 Å². The van der Waals surface area contributed by atoms with Gasteiger partial charge in [-0.05, 0) is 0 Å². The van der Waals surface area contributed by atoms with Crippen LogP contribution < -0.4 is 40.7 Å². The van der Waals surface area contributed by atoms with Crippen LogP contribution in [0.5, 0.6) is 0 Å². The number of H-pyrrole nitrogens is 2. The fourth-order valence-electron chi connectivity index (χ4n) is 0.334. The zero-order chi connectivity index (χ0) is 6.85. The monoisotopic (exact) mass is 167 g/mol. The molecule has 0 saturated carbocycles. The van der Waals surface area contributed by atoms with Crippen molar-refractivity contribution in [3.63, 3.8) is 0 Å². The molecule has 1 rings (SSSR count). The molecule has 0 saturated heterocycles. The van der Waals surface area contributed by atoms with Crippen LogP contribution in [0.1, 0.15) is 0 Å². The standard InChI is InChI=1S/C3H3N3O2S.Na/c7-1-2(8)5-6-3(9)4-1;/h(H,5,8)(H2,4,6,7,9);/q;+1/p-1. The van der Waals surface area contributed by atoms with Crippen molar-refractivity contribution in [1.82, 2.24) is 15.2 Å². The van der Waals surface area contributed by atoms with Gasteiger partial charge in [-0.25, -0.2) is 5.10 Å². The number of hydrogen-bond acceptors (Lipinski definition) is 4. The van der Waals surface area contributed by atoms with Crippen molar-refractivity contribution >= 4 is 12.6 Å². The summed E-state index contributed by atoms with van der Waals surface area (Å²) >= 11 is 4.42.